The first kappa shape index (κ1) is 43.7. The molecule has 0 aliphatic heterocycles. The fraction of sp³-hybridized carbons (Fsp3) is 1.00. The van der Waals surface area contributed by atoms with Gasteiger partial charge in [-0.05, 0) is 27.7 Å². The molecule has 0 bridgehead atoms. The van der Waals surface area contributed by atoms with Gasteiger partial charge in [0.1, 0.15) is 0 Å². The molecule has 0 heterocycles. The number of hydrogen-bond donors (Lipinski definition) is 0. The lowest BCUT2D eigenvalue weighted by molar-refractivity contribution is -0.425. The van der Waals surface area contributed by atoms with Crippen LogP contribution in [0.4, 0.5) is 105 Å². The summed E-state index contributed by atoms with van der Waals surface area (Å²) in [5.74, 6) is 0. The van der Waals surface area contributed by atoms with E-state index in [0.29, 0.717) is 0 Å². The molecule has 0 saturated heterocycles. The van der Waals surface area contributed by atoms with E-state index in [1.165, 1.54) is 0 Å². The van der Waals surface area contributed by atoms with E-state index in [2.05, 4.69) is 15.2 Å². The largest absolute Gasteiger partial charge is 0.878 e. The molecule has 272 valence electrons. The van der Waals surface area contributed by atoms with Crippen LogP contribution in [0.25, 0.3) is 0 Å². The third-order valence-corrected chi connectivity index (χ3v) is 8.89. The van der Waals surface area contributed by atoms with E-state index >= 15 is 0 Å². The first-order chi connectivity index (χ1) is 18.8. The molecule has 0 fully saturated rings. The van der Waals surface area contributed by atoms with Crippen molar-refractivity contribution in [2.45, 2.75) is 99.5 Å². The van der Waals surface area contributed by atoms with Gasteiger partial charge in [0.05, 0.1) is 0 Å². The number of hydrogen-bond acceptors (Lipinski definition) is 4. The standard InChI is InChI=1S/4C4H3F6O.Al/c4*1-2(11,3(5,6)7)4(8,9)10;/h4*1H3;/q4*-1;+3. The Bertz CT molecular complexity index is 800. The van der Waals surface area contributed by atoms with Crippen molar-refractivity contribution in [3.05, 3.63) is 0 Å². The average molecular weight is 751 g/mol. The smallest absolute Gasteiger partial charge is 0.569 e. The Morgan fingerprint density at radius 2 is 0.333 bits per heavy atom. The molecule has 0 aromatic rings. The maximum atomic E-state index is 13.5. The van der Waals surface area contributed by atoms with E-state index in [1.54, 1.807) is 0 Å². The van der Waals surface area contributed by atoms with Crippen molar-refractivity contribution in [2.75, 3.05) is 0 Å². The van der Waals surface area contributed by atoms with Crippen molar-refractivity contribution in [3.8, 4) is 0 Å². The van der Waals surface area contributed by atoms with Gasteiger partial charge in [0, 0.05) is 0 Å². The van der Waals surface area contributed by atoms with Gasteiger partial charge in [-0.1, -0.05) is 0 Å². The monoisotopic (exact) mass is 751 g/mol. The highest BCUT2D eigenvalue weighted by molar-refractivity contribution is 6.54. The van der Waals surface area contributed by atoms with Crippen LogP contribution in [0.5, 0.6) is 0 Å². The van der Waals surface area contributed by atoms with Gasteiger partial charge < -0.3 is 15.2 Å². The van der Waals surface area contributed by atoms with Gasteiger partial charge in [-0.3, -0.25) is 0 Å². The van der Waals surface area contributed by atoms with Crippen molar-refractivity contribution in [1.82, 2.24) is 0 Å². The zero-order chi connectivity index (χ0) is 37.3. The van der Waals surface area contributed by atoms with Crippen molar-refractivity contribution in [1.29, 1.82) is 0 Å². The summed E-state index contributed by atoms with van der Waals surface area (Å²) in [4.78, 5) is 0. The van der Waals surface area contributed by atoms with E-state index in [-0.39, 0.29) is 0 Å². The molecule has 0 saturated carbocycles. The summed E-state index contributed by atoms with van der Waals surface area (Å²) in [5.41, 5.74) is -27.6. The van der Waals surface area contributed by atoms with Crippen LogP contribution < -0.4 is 0 Å². The Kier molecular flexibility index (Phi) is 11.1. The molecule has 0 aromatic heterocycles. The van der Waals surface area contributed by atoms with Crippen LogP contribution in [0.1, 0.15) is 27.7 Å². The zero-order valence-electron chi connectivity index (χ0n) is 21.3. The van der Waals surface area contributed by atoms with E-state index in [9.17, 15) is 105 Å². The Hall–Kier alpha value is -1.31. The highest BCUT2D eigenvalue weighted by Gasteiger charge is 2.83. The summed E-state index contributed by atoms with van der Waals surface area (Å²) < 4.78 is 335. The molecule has 0 radical (unpaired) electrons. The number of rotatable bonds is 8. The van der Waals surface area contributed by atoms with E-state index in [1.807, 2.05) is 0 Å². The van der Waals surface area contributed by atoms with Crippen LogP contribution in [0.2, 0.25) is 0 Å². The van der Waals surface area contributed by atoms with E-state index in [0.717, 1.165) is 0 Å². The third kappa shape index (κ3) is 7.88. The van der Waals surface area contributed by atoms with Gasteiger partial charge >= 0.3 is 63.8 Å². The van der Waals surface area contributed by atoms with Gasteiger partial charge in [0.2, 0.25) is 22.4 Å². The molecule has 4 nitrogen and oxygen atoms in total. The van der Waals surface area contributed by atoms with Crippen molar-refractivity contribution in [2.24, 2.45) is 0 Å². The molecule has 0 atom stereocenters. The lowest BCUT2D eigenvalue weighted by atomic mass is 10.1. The summed E-state index contributed by atoms with van der Waals surface area (Å²) in [6, 6.07) is 0. The van der Waals surface area contributed by atoms with Crippen LogP contribution >= 0.6 is 0 Å². The molecule has 0 aromatic carbocycles. The summed E-state index contributed by atoms with van der Waals surface area (Å²) >= 11 is -10.4. The van der Waals surface area contributed by atoms with Crippen LogP contribution in [0.15, 0.2) is 0 Å². The maximum absolute atomic E-state index is 13.5. The van der Waals surface area contributed by atoms with Gasteiger partial charge in [-0.25, -0.2) is 0 Å². The van der Waals surface area contributed by atoms with Gasteiger partial charge in [-0.15, -0.1) is 0 Å². The Labute approximate surface area is 235 Å². The van der Waals surface area contributed by atoms with E-state index < -0.39 is 114 Å². The summed E-state index contributed by atoms with van der Waals surface area (Å²) in [5, 5.41) is 0. The summed E-state index contributed by atoms with van der Waals surface area (Å²) in [7, 11) is 0. The van der Waals surface area contributed by atoms with Crippen molar-refractivity contribution < 1.29 is 121 Å². The molecule has 0 rings (SSSR count). The molecule has 0 N–H and O–H groups in total. The van der Waals surface area contributed by atoms with Crippen molar-refractivity contribution >= 4 is 14.4 Å². The lowest BCUT2D eigenvalue weighted by Crippen LogP contribution is -2.76. The Balaban J connectivity index is 8.86. The molecule has 29 heteroatoms. The predicted octanol–water partition coefficient (Wildman–Crippen LogP) is 9.02. The average Bonchev–Trinajstić information content (AvgIpc) is 2.66. The van der Waals surface area contributed by atoms with Gasteiger partial charge in [-0.2, -0.15) is 105 Å². The second-order valence-corrected chi connectivity index (χ2v) is 11.3. The van der Waals surface area contributed by atoms with Crippen molar-refractivity contribution in [3.63, 3.8) is 0 Å². The topological polar surface area (TPSA) is 36.9 Å². The van der Waals surface area contributed by atoms with Crippen LogP contribution in [-0.4, -0.2) is 86.2 Å². The molecule has 0 unspecified atom stereocenters. The van der Waals surface area contributed by atoms with Crippen LogP contribution in [0, 0.1) is 0 Å². The molecule has 0 aliphatic carbocycles. The quantitative estimate of drug-likeness (QED) is 0.183. The first-order valence-corrected chi connectivity index (χ1v) is 12.2. The number of halogens is 24. The Morgan fingerprint density at radius 3 is 0.400 bits per heavy atom. The van der Waals surface area contributed by atoms with Gasteiger partial charge in [0.15, 0.2) is 0 Å². The van der Waals surface area contributed by atoms with E-state index in [4.69, 9.17) is 0 Å². The molecule has 45 heavy (non-hydrogen) atoms. The third-order valence-electron chi connectivity index (χ3n) is 5.85. The zero-order valence-corrected chi connectivity index (χ0v) is 22.4. The fourth-order valence-electron chi connectivity index (χ4n) is 2.48. The Morgan fingerprint density at radius 1 is 0.244 bits per heavy atom. The highest BCUT2D eigenvalue weighted by Crippen LogP contribution is 2.57. The molecule has 0 aliphatic rings. The SMILES string of the molecule is CC([O][Al-]([O]C(C)(C(F)(F)F)C(F)(F)F)([O]C(C)(C(F)(F)F)C(F)(F)F)[O]C(C)(C(F)(F)F)C(F)(F)F)(C(F)(F)F)C(F)(F)F. The second kappa shape index (κ2) is 11.4. The summed E-state index contributed by atoms with van der Waals surface area (Å²) in [6.07, 6.45) is -60.7. The van der Waals surface area contributed by atoms with Crippen LogP contribution in [0.3, 0.4) is 0 Å². The highest BCUT2D eigenvalue weighted by atomic mass is 27.3. The maximum Gasteiger partial charge on any atom is 0.878 e. The molecule has 0 amide bonds. The minimum atomic E-state index is -10.4. The molecular formula is C16H12AlF24O4-. The lowest BCUT2D eigenvalue weighted by Gasteiger charge is -2.56. The second-order valence-electron chi connectivity index (χ2n) is 9.16. The fourth-order valence-corrected chi connectivity index (χ4v) is 6.14. The normalized spacial score (nSPS) is 16.8. The molecule has 0 spiro atoms. The summed E-state index contributed by atoms with van der Waals surface area (Å²) in [6.45, 7) is -6.75. The molecular weight excluding hydrogens is 739 g/mol. The minimum absolute atomic E-state index is 1.69. The number of alkyl halides is 24. The first-order valence-electron chi connectivity index (χ1n) is 10.3. The van der Waals surface area contributed by atoms with Crippen LogP contribution in [-0.2, 0) is 15.2 Å². The predicted molar refractivity (Wildman–Crippen MR) is 92.2 cm³/mol. The minimum Gasteiger partial charge on any atom is -0.569 e. The van der Waals surface area contributed by atoms with Gasteiger partial charge in [0.25, 0.3) is 0 Å².